The second kappa shape index (κ2) is 8.30. The second-order valence-electron chi connectivity index (χ2n) is 5.98. The van der Waals surface area contributed by atoms with Crippen LogP contribution in [0.1, 0.15) is 17.5 Å². The molecule has 0 radical (unpaired) electrons. The Hall–Kier alpha value is -3.75. The van der Waals surface area contributed by atoms with Crippen LogP contribution in [0.25, 0.3) is 11.0 Å². The Balaban J connectivity index is 1.58. The Morgan fingerprint density at radius 2 is 1.89 bits per heavy atom. The van der Waals surface area contributed by atoms with Crippen LogP contribution in [0.15, 0.2) is 48.5 Å². The van der Waals surface area contributed by atoms with Crippen LogP contribution in [-0.4, -0.2) is 39.4 Å². The van der Waals surface area contributed by atoms with Crippen molar-refractivity contribution >= 4 is 28.5 Å². The summed E-state index contributed by atoms with van der Waals surface area (Å²) in [6.07, 6.45) is 0.353. The number of para-hydroxylation sites is 4. The van der Waals surface area contributed by atoms with Gasteiger partial charge in [-0.3, -0.25) is 24.3 Å². The highest BCUT2D eigenvalue weighted by atomic mass is 16.6. The lowest BCUT2D eigenvalue weighted by Crippen LogP contribution is -2.31. The molecule has 0 saturated heterocycles. The number of hydrogen-bond acceptors (Lipinski definition) is 6. The molecule has 144 valence electrons. The number of nitrogens with one attached hydrogen (secondary N) is 1. The molecule has 0 aliphatic heterocycles. The van der Waals surface area contributed by atoms with Gasteiger partial charge in [0.1, 0.15) is 5.82 Å². The summed E-state index contributed by atoms with van der Waals surface area (Å²) in [5.41, 5.74) is 1.22. The third-order valence-corrected chi connectivity index (χ3v) is 4.04. The smallest absolute Gasteiger partial charge is 0.310 e. The molecule has 1 heterocycles. The molecule has 0 fully saturated rings. The monoisotopic (exact) mass is 382 g/mol. The van der Waals surface area contributed by atoms with Crippen LogP contribution in [0.2, 0.25) is 0 Å². The normalized spacial score (nSPS) is 10.6. The zero-order chi connectivity index (χ0) is 20.1. The first-order chi connectivity index (χ1) is 13.5. The average Bonchev–Trinajstić information content (AvgIpc) is 3.05. The van der Waals surface area contributed by atoms with E-state index in [9.17, 15) is 19.7 Å². The standard InChI is InChI=1S/C19H18N4O5/c1-13(24)22-15-7-3-2-6-14(15)21-18(22)10-11-20-19(25)12-28-17-9-5-4-8-16(17)23(26)27/h2-9H,10-12H2,1H3,(H,20,25). The number of rotatable bonds is 7. The molecule has 0 aliphatic carbocycles. The Morgan fingerprint density at radius 1 is 1.18 bits per heavy atom. The van der Waals surface area contributed by atoms with Gasteiger partial charge in [-0.15, -0.1) is 0 Å². The molecule has 9 heteroatoms. The quantitative estimate of drug-likeness (QED) is 0.495. The summed E-state index contributed by atoms with van der Waals surface area (Å²) in [7, 11) is 0. The van der Waals surface area contributed by atoms with Crippen molar-refractivity contribution in [2.24, 2.45) is 0 Å². The topological polar surface area (TPSA) is 116 Å². The number of nitrogens with zero attached hydrogens (tertiary/aromatic N) is 3. The lowest BCUT2D eigenvalue weighted by Gasteiger charge is -2.08. The van der Waals surface area contributed by atoms with Crippen molar-refractivity contribution < 1.29 is 19.2 Å². The first kappa shape index (κ1) is 19.0. The van der Waals surface area contributed by atoms with Gasteiger partial charge in [0.2, 0.25) is 5.91 Å². The predicted octanol–water partition coefficient (Wildman–Crippen LogP) is 2.34. The molecule has 1 aromatic heterocycles. The Morgan fingerprint density at radius 3 is 2.64 bits per heavy atom. The molecule has 0 unspecified atom stereocenters. The number of carbonyl (C=O) groups excluding carboxylic acids is 2. The van der Waals surface area contributed by atoms with Gasteiger partial charge in [-0.25, -0.2) is 4.98 Å². The number of amides is 1. The lowest BCUT2D eigenvalue weighted by molar-refractivity contribution is -0.385. The minimum Gasteiger partial charge on any atom is -0.477 e. The van der Waals surface area contributed by atoms with Crippen LogP contribution in [-0.2, 0) is 11.2 Å². The van der Waals surface area contributed by atoms with E-state index in [4.69, 9.17) is 4.74 Å². The van der Waals surface area contributed by atoms with E-state index < -0.39 is 10.8 Å². The third-order valence-electron chi connectivity index (χ3n) is 4.04. The van der Waals surface area contributed by atoms with E-state index in [0.29, 0.717) is 17.8 Å². The highest BCUT2D eigenvalue weighted by Gasteiger charge is 2.16. The van der Waals surface area contributed by atoms with Gasteiger partial charge in [-0.05, 0) is 18.2 Å². The van der Waals surface area contributed by atoms with Crippen molar-refractivity contribution in [2.45, 2.75) is 13.3 Å². The van der Waals surface area contributed by atoms with E-state index in [1.165, 1.54) is 29.7 Å². The summed E-state index contributed by atoms with van der Waals surface area (Å²) in [6.45, 7) is 1.35. The molecule has 9 nitrogen and oxygen atoms in total. The fraction of sp³-hybridized carbons (Fsp3) is 0.211. The summed E-state index contributed by atoms with van der Waals surface area (Å²) in [6, 6.07) is 13.1. The van der Waals surface area contributed by atoms with Gasteiger partial charge in [-0.2, -0.15) is 0 Å². The van der Waals surface area contributed by atoms with Gasteiger partial charge in [-0.1, -0.05) is 24.3 Å². The Bertz CT molecular complexity index is 1040. The van der Waals surface area contributed by atoms with Crippen LogP contribution in [0.5, 0.6) is 5.75 Å². The summed E-state index contributed by atoms with van der Waals surface area (Å²) in [4.78, 5) is 38.7. The predicted molar refractivity (Wildman–Crippen MR) is 101 cm³/mol. The van der Waals surface area contributed by atoms with Crippen molar-refractivity contribution in [2.75, 3.05) is 13.2 Å². The highest BCUT2D eigenvalue weighted by molar-refractivity contribution is 5.89. The van der Waals surface area contributed by atoms with Gasteiger partial charge in [0.05, 0.1) is 16.0 Å². The molecular formula is C19H18N4O5. The molecule has 2 aromatic carbocycles. The average molecular weight is 382 g/mol. The van der Waals surface area contributed by atoms with Crippen molar-refractivity contribution in [1.82, 2.24) is 14.9 Å². The van der Waals surface area contributed by atoms with E-state index in [2.05, 4.69) is 10.3 Å². The summed E-state index contributed by atoms with van der Waals surface area (Å²) >= 11 is 0. The number of imidazole rings is 1. The first-order valence-electron chi connectivity index (χ1n) is 8.57. The van der Waals surface area contributed by atoms with E-state index in [1.54, 1.807) is 6.07 Å². The molecule has 0 aliphatic rings. The maximum atomic E-state index is 12.0. The third kappa shape index (κ3) is 4.14. The molecule has 1 N–H and O–H groups in total. The number of carbonyl (C=O) groups is 2. The van der Waals surface area contributed by atoms with Crippen molar-refractivity contribution in [3.8, 4) is 5.75 Å². The number of nitro groups is 1. The molecule has 0 bridgehead atoms. The van der Waals surface area contributed by atoms with Crippen molar-refractivity contribution in [1.29, 1.82) is 0 Å². The first-order valence-corrected chi connectivity index (χ1v) is 8.57. The van der Waals surface area contributed by atoms with Crippen LogP contribution in [0.4, 0.5) is 5.69 Å². The molecular weight excluding hydrogens is 364 g/mol. The number of fused-ring (bicyclic) bond motifs is 1. The van der Waals surface area contributed by atoms with Gasteiger partial charge < -0.3 is 10.1 Å². The highest BCUT2D eigenvalue weighted by Crippen LogP contribution is 2.25. The zero-order valence-corrected chi connectivity index (χ0v) is 15.1. The minimum absolute atomic E-state index is 0.0287. The van der Waals surface area contributed by atoms with E-state index in [1.807, 2.05) is 24.3 Å². The Labute approximate surface area is 160 Å². The minimum atomic E-state index is -0.570. The van der Waals surface area contributed by atoms with Gasteiger partial charge in [0.25, 0.3) is 5.91 Å². The number of nitro benzene ring substituents is 1. The molecule has 0 saturated carbocycles. The molecule has 28 heavy (non-hydrogen) atoms. The molecule has 3 rings (SSSR count). The fourth-order valence-corrected chi connectivity index (χ4v) is 2.83. The summed E-state index contributed by atoms with van der Waals surface area (Å²) in [5.74, 6) is -0.00646. The SMILES string of the molecule is CC(=O)n1c(CCNC(=O)COc2ccccc2[N+](=O)[O-])nc2ccccc21. The van der Waals surface area contributed by atoms with Crippen LogP contribution in [0, 0.1) is 10.1 Å². The lowest BCUT2D eigenvalue weighted by atomic mass is 10.3. The second-order valence-corrected chi connectivity index (χ2v) is 5.98. The van der Waals surface area contributed by atoms with Gasteiger partial charge >= 0.3 is 5.69 Å². The van der Waals surface area contributed by atoms with Gasteiger partial charge in [0.15, 0.2) is 12.4 Å². The molecule has 0 atom stereocenters. The van der Waals surface area contributed by atoms with Gasteiger partial charge in [0, 0.05) is 26.0 Å². The molecule has 0 spiro atoms. The number of hydrogen-bond donors (Lipinski definition) is 1. The van der Waals surface area contributed by atoms with Crippen molar-refractivity contribution in [3.63, 3.8) is 0 Å². The number of aromatic nitrogens is 2. The van der Waals surface area contributed by atoms with Crippen LogP contribution in [0.3, 0.4) is 0 Å². The number of ether oxygens (including phenoxy) is 1. The number of benzene rings is 2. The summed E-state index contributed by atoms with van der Waals surface area (Å²) < 4.78 is 6.76. The Kier molecular flexibility index (Phi) is 5.64. The zero-order valence-electron chi connectivity index (χ0n) is 15.1. The maximum Gasteiger partial charge on any atom is 0.310 e. The van der Waals surface area contributed by atoms with Crippen LogP contribution >= 0.6 is 0 Å². The maximum absolute atomic E-state index is 12.0. The molecule has 3 aromatic rings. The van der Waals surface area contributed by atoms with Crippen molar-refractivity contribution in [3.05, 3.63) is 64.5 Å². The van der Waals surface area contributed by atoms with E-state index in [0.717, 1.165) is 5.52 Å². The van der Waals surface area contributed by atoms with E-state index >= 15 is 0 Å². The fourth-order valence-electron chi connectivity index (χ4n) is 2.83. The molecule has 1 amide bonds. The van der Waals surface area contributed by atoms with E-state index in [-0.39, 0.29) is 30.5 Å². The largest absolute Gasteiger partial charge is 0.477 e. The van der Waals surface area contributed by atoms with Crippen LogP contribution < -0.4 is 10.1 Å². The summed E-state index contributed by atoms with van der Waals surface area (Å²) in [5, 5.41) is 13.6.